The zero-order valence-corrected chi connectivity index (χ0v) is 15.4. The van der Waals surface area contributed by atoms with Gasteiger partial charge in [0.15, 0.2) is 0 Å². The molecule has 26 heavy (non-hydrogen) atoms. The van der Waals surface area contributed by atoms with Crippen LogP contribution in [0.25, 0.3) is 0 Å². The van der Waals surface area contributed by atoms with Crippen molar-refractivity contribution in [2.75, 3.05) is 12.3 Å². The van der Waals surface area contributed by atoms with Gasteiger partial charge in [0.05, 0.1) is 12.3 Å². The predicted molar refractivity (Wildman–Crippen MR) is 95.3 cm³/mol. The molecule has 0 aromatic heterocycles. The van der Waals surface area contributed by atoms with E-state index in [1.54, 1.807) is 0 Å². The molecule has 0 unspecified atom stereocenters. The lowest BCUT2D eigenvalue weighted by molar-refractivity contribution is -0.135. The number of carbonyl (C=O) groups is 4. The summed E-state index contributed by atoms with van der Waals surface area (Å²) in [7, 11) is 0. The van der Waals surface area contributed by atoms with Crippen LogP contribution in [-0.4, -0.2) is 50.9 Å². The van der Waals surface area contributed by atoms with Crippen molar-refractivity contribution < 1.29 is 44.3 Å². The number of carboxylic acids is 4. The van der Waals surface area contributed by atoms with E-state index in [4.69, 9.17) is 50.1 Å². The second kappa shape index (κ2) is 21.7. The lowest BCUT2D eigenvalue weighted by Crippen LogP contribution is -1.95. The van der Waals surface area contributed by atoms with E-state index < -0.39 is 23.9 Å². The molecule has 0 spiro atoms. The molecule has 0 aliphatic carbocycles. The molecule has 1 aromatic carbocycles. The monoisotopic (exact) mass is 377 g/mol. The molecule has 0 saturated carbocycles. The van der Waals surface area contributed by atoms with Crippen LogP contribution in [0.3, 0.4) is 0 Å². The van der Waals surface area contributed by atoms with Crippen LogP contribution >= 0.6 is 0 Å². The van der Waals surface area contributed by atoms with Crippen molar-refractivity contribution in [2.45, 2.75) is 34.6 Å². The van der Waals surface area contributed by atoms with E-state index in [9.17, 15) is 0 Å². The van der Waals surface area contributed by atoms with Crippen LogP contribution in [-0.2, 0) is 19.2 Å². The molecule has 0 fully saturated rings. The van der Waals surface area contributed by atoms with Crippen molar-refractivity contribution in [3.8, 4) is 5.75 Å². The SMILES string of the molecule is CC(=O)O.CC(=O)O.CC(=O)O.CC(=O)O.CCOc1ccccc1N. The molecule has 0 aliphatic heterocycles. The van der Waals surface area contributed by atoms with Crippen LogP contribution in [0.5, 0.6) is 5.75 Å². The Morgan fingerprint density at radius 3 is 1.31 bits per heavy atom. The molecule has 10 heteroatoms. The van der Waals surface area contributed by atoms with E-state index >= 15 is 0 Å². The van der Waals surface area contributed by atoms with Crippen molar-refractivity contribution in [3.05, 3.63) is 24.3 Å². The van der Waals surface area contributed by atoms with Crippen LogP contribution in [0.4, 0.5) is 5.69 Å². The number of para-hydroxylation sites is 2. The van der Waals surface area contributed by atoms with Gasteiger partial charge >= 0.3 is 0 Å². The average Bonchev–Trinajstić information content (AvgIpc) is 2.39. The number of aliphatic carboxylic acids is 4. The molecule has 0 bridgehead atoms. The summed E-state index contributed by atoms with van der Waals surface area (Å²) in [5.41, 5.74) is 6.28. The van der Waals surface area contributed by atoms with E-state index in [1.807, 2.05) is 31.2 Å². The molecule has 0 aliphatic rings. The van der Waals surface area contributed by atoms with Crippen LogP contribution in [0.15, 0.2) is 24.3 Å². The number of anilines is 1. The normalized spacial score (nSPS) is 7.42. The molecule has 0 radical (unpaired) electrons. The van der Waals surface area contributed by atoms with E-state index in [-0.39, 0.29) is 0 Å². The quantitative estimate of drug-likeness (QED) is 0.477. The molecule has 10 nitrogen and oxygen atoms in total. The maximum absolute atomic E-state index is 9.00. The van der Waals surface area contributed by atoms with E-state index in [2.05, 4.69) is 0 Å². The van der Waals surface area contributed by atoms with Crippen molar-refractivity contribution in [2.24, 2.45) is 0 Å². The van der Waals surface area contributed by atoms with Gasteiger partial charge in [0.1, 0.15) is 5.75 Å². The Labute approximate surface area is 151 Å². The molecule has 0 saturated heterocycles. The summed E-state index contributed by atoms with van der Waals surface area (Å²) in [5, 5.41) is 29.7. The van der Waals surface area contributed by atoms with Crippen LogP contribution in [0, 0.1) is 0 Å². The van der Waals surface area contributed by atoms with Gasteiger partial charge in [-0.05, 0) is 19.1 Å². The van der Waals surface area contributed by atoms with Gasteiger partial charge in [-0.1, -0.05) is 12.1 Å². The molecule has 0 amide bonds. The Morgan fingerprint density at radius 2 is 1.08 bits per heavy atom. The first-order valence-corrected chi connectivity index (χ1v) is 7.03. The molecule has 150 valence electrons. The number of ether oxygens (including phenoxy) is 1. The largest absolute Gasteiger partial charge is 0.492 e. The lowest BCUT2D eigenvalue weighted by atomic mass is 10.3. The van der Waals surface area contributed by atoms with Gasteiger partial charge in [-0.25, -0.2) is 0 Å². The maximum Gasteiger partial charge on any atom is 0.300 e. The first-order chi connectivity index (χ1) is 11.8. The number of hydrogen-bond acceptors (Lipinski definition) is 6. The van der Waals surface area contributed by atoms with Gasteiger partial charge in [-0.2, -0.15) is 0 Å². The first-order valence-electron chi connectivity index (χ1n) is 7.03. The Morgan fingerprint density at radius 1 is 0.808 bits per heavy atom. The molecular formula is C16H27NO9. The fourth-order valence-electron chi connectivity index (χ4n) is 0.767. The van der Waals surface area contributed by atoms with Gasteiger partial charge in [0.25, 0.3) is 23.9 Å². The van der Waals surface area contributed by atoms with E-state index in [0.717, 1.165) is 33.4 Å². The summed E-state index contributed by atoms with van der Waals surface area (Å²) >= 11 is 0. The van der Waals surface area contributed by atoms with Gasteiger partial charge in [-0.15, -0.1) is 0 Å². The predicted octanol–water partition coefficient (Wildman–Crippen LogP) is 2.03. The van der Waals surface area contributed by atoms with Crippen molar-refractivity contribution >= 4 is 29.6 Å². The summed E-state index contributed by atoms with van der Waals surface area (Å²) in [5.74, 6) is -2.56. The minimum atomic E-state index is -0.833. The maximum atomic E-state index is 9.00. The summed E-state index contributed by atoms with van der Waals surface area (Å²) in [6.07, 6.45) is 0. The van der Waals surface area contributed by atoms with E-state index in [0.29, 0.717) is 12.3 Å². The number of benzene rings is 1. The molecule has 6 N–H and O–H groups in total. The van der Waals surface area contributed by atoms with Crippen molar-refractivity contribution in [1.82, 2.24) is 0 Å². The smallest absolute Gasteiger partial charge is 0.300 e. The number of carboxylic acid groups (broad SMARTS) is 4. The summed E-state index contributed by atoms with van der Waals surface area (Å²) < 4.78 is 5.21. The molecule has 1 rings (SSSR count). The van der Waals surface area contributed by atoms with Gasteiger partial charge in [0, 0.05) is 27.7 Å². The van der Waals surface area contributed by atoms with Gasteiger partial charge in [0.2, 0.25) is 0 Å². The Kier molecular flexibility index (Phi) is 25.5. The fourth-order valence-corrected chi connectivity index (χ4v) is 0.767. The van der Waals surface area contributed by atoms with Gasteiger partial charge in [-0.3, -0.25) is 19.2 Å². The third kappa shape index (κ3) is 70.2. The third-order valence-electron chi connectivity index (χ3n) is 1.22. The summed E-state index contributed by atoms with van der Waals surface area (Å²) in [4.78, 5) is 36.0. The average molecular weight is 377 g/mol. The highest BCUT2D eigenvalue weighted by atomic mass is 16.5. The Bertz CT molecular complexity index is 466. The standard InChI is InChI=1S/C8H11NO.4C2H4O2/c1-2-10-8-6-4-3-5-7(8)9;4*1-2(3)4/h3-6H,2,9H2,1H3;4*1H3,(H,3,4). The lowest BCUT2D eigenvalue weighted by Gasteiger charge is -2.04. The topological polar surface area (TPSA) is 184 Å². The number of nitrogen functional groups attached to an aromatic ring is 1. The minimum Gasteiger partial charge on any atom is -0.492 e. The minimum absolute atomic E-state index is 0.661. The second-order valence-electron chi connectivity index (χ2n) is 4.05. The molecule has 1 aromatic rings. The summed E-state index contributed by atoms with van der Waals surface area (Å²) in [6, 6.07) is 7.48. The zero-order chi connectivity index (χ0) is 21.7. The fraction of sp³-hybridized carbons (Fsp3) is 0.375. The molecule has 0 heterocycles. The van der Waals surface area contributed by atoms with Crippen molar-refractivity contribution in [3.63, 3.8) is 0 Å². The highest BCUT2D eigenvalue weighted by Gasteiger charge is 1.93. The second-order valence-corrected chi connectivity index (χ2v) is 4.05. The van der Waals surface area contributed by atoms with E-state index in [1.165, 1.54) is 0 Å². The van der Waals surface area contributed by atoms with Crippen LogP contribution < -0.4 is 10.5 Å². The highest BCUT2D eigenvalue weighted by Crippen LogP contribution is 2.18. The highest BCUT2D eigenvalue weighted by molar-refractivity contribution is 5.63. The number of hydrogen-bond donors (Lipinski definition) is 5. The summed E-state index contributed by atoms with van der Waals surface area (Å²) in [6.45, 7) is 6.93. The number of nitrogens with two attached hydrogens (primary N) is 1. The van der Waals surface area contributed by atoms with Crippen LogP contribution in [0.1, 0.15) is 34.6 Å². The zero-order valence-electron chi connectivity index (χ0n) is 15.4. The Hall–Kier alpha value is -3.30. The molecule has 0 atom stereocenters. The van der Waals surface area contributed by atoms with Crippen LogP contribution in [0.2, 0.25) is 0 Å². The Balaban J connectivity index is -0.000000129. The number of rotatable bonds is 2. The third-order valence-corrected chi connectivity index (χ3v) is 1.22. The van der Waals surface area contributed by atoms with Crippen molar-refractivity contribution in [1.29, 1.82) is 0 Å². The van der Waals surface area contributed by atoms with Gasteiger partial charge < -0.3 is 30.9 Å². The first kappa shape index (κ1) is 30.6. The molecular weight excluding hydrogens is 350 g/mol.